The number of nitrogens with one attached hydrogen (secondary N) is 1. The summed E-state index contributed by atoms with van der Waals surface area (Å²) in [6.45, 7) is 2.96. The molecule has 7 heteroatoms. The molecule has 0 saturated carbocycles. The highest BCUT2D eigenvalue weighted by molar-refractivity contribution is 9.10. The van der Waals surface area contributed by atoms with Crippen LogP contribution in [0, 0.1) is 5.82 Å². The predicted octanol–water partition coefficient (Wildman–Crippen LogP) is 3.61. The molecule has 0 aromatic heterocycles. The van der Waals surface area contributed by atoms with E-state index in [0.717, 1.165) is 13.1 Å². The standard InChI is InChI=1S/C13H16BrF3N2.ClH/c14-10-2-1-9(7-11(10)15)12(8-13(16)17)19-5-3-18-4-6-19;/h1-2,7,12-13,18H,3-6,8H2;1H/t12-;/m0./s1. The van der Waals surface area contributed by atoms with E-state index in [0.29, 0.717) is 23.1 Å². The third-order valence-electron chi connectivity index (χ3n) is 3.32. The number of benzene rings is 1. The van der Waals surface area contributed by atoms with Crippen molar-refractivity contribution in [3.63, 3.8) is 0 Å². The fourth-order valence-corrected chi connectivity index (χ4v) is 2.62. The lowest BCUT2D eigenvalue weighted by Crippen LogP contribution is -2.45. The number of alkyl halides is 2. The van der Waals surface area contributed by atoms with E-state index in [9.17, 15) is 13.2 Å². The molecule has 0 bridgehead atoms. The molecule has 0 spiro atoms. The summed E-state index contributed by atoms with van der Waals surface area (Å²) in [6.07, 6.45) is -2.66. The lowest BCUT2D eigenvalue weighted by molar-refractivity contribution is 0.0738. The Morgan fingerprint density at radius 3 is 2.45 bits per heavy atom. The van der Waals surface area contributed by atoms with E-state index >= 15 is 0 Å². The van der Waals surface area contributed by atoms with Crippen LogP contribution in [-0.4, -0.2) is 37.5 Å². The summed E-state index contributed by atoms with van der Waals surface area (Å²) >= 11 is 3.08. The molecular weight excluding hydrogens is 357 g/mol. The van der Waals surface area contributed by atoms with Crippen LogP contribution >= 0.6 is 28.3 Å². The van der Waals surface area contributed by atoms with Crippen LogP contribution in [-0.2, 0) is 0 Å². The van der Waals surface area contributed by atoms with Crippen molar-refractivity contribution in [1.29, 1.82) is 0 Å². The first-order chi connectivity index (χ1) is 9.08. The summed E-state index contributed by atoms with van der Waals surface area (Å²) in [6, 6.07) is 4.21. The summed E-state index contributed by atoms with van der Waals surface area (Å²) in [5.41, 5.74) is 0.614. The molecule has 1 N–H and O–H groups in total. The van der Waals surface area contributed by atoms with Gasteiger partial charge in [-0.1, -0.05) is 6.07 Å². The van der Waals surface area contributed by atoms with Crippen molar-refractivity contribution in [1.82, 2.24) is 10.2 Å². The Labute approximate surface area is 131 Å². The van der Waals surface area contributed by atoms with Gasteiger partial charge in [-0.2, -0.15) is 0 Å². The number of hydrogen-bond donors (Lipinski definition) is 1. The maximum atomic E-state index is 13.6. The molecule has 0 aliphatic carbocycles. The highest BCUT2D eigenvalue weighted by Crippen LogP contribution is 2.29. The second-order valence-electron chi connectivity index (χ2n) is 4.60. The first-order valence-electron chi connectivity index (χ1n) is 6.26. The molecule has 20 heavy (non-hydrogen) atoms. The SMILES string of the molecule is Cl.Fc1cc([C@H](CC(F)F)N2CCNCC2)ccc1Br. The molecule has 1 aromatic carbocycles. The highest BCUT2D eigenvalue weighted by atomic mass is 79.9. The van der Waals surface area contributed by atoms with Gasteiger partial charge in [-0.05, 0) is 33.6 Å². The Kier molecular flexibility index (Phi) is 7.29. The van der Waals surface area contributed by atoms with Crippen LogP contribution in [0.25, 0.3) is 0 Å². The average molecular weight is 374 g/mol. The van der Waals surface area contributed by atoms with Gasteiger partial charge in [0.25, 0.3) is 0 Å². The molecule has 1 atom stereocenters. The normalized spacial score (nSPS) is 17.9. The van der Waals surface area contributed by atoms with Crippen molar-refractivity contribution in [3.8, 4) is 0 Å². The summed E-state index contributed by atoms with van der Waals surface area (Å²) < 4.78 is 39.5. The molecule has 0 unspecified atom stereocenters. The Morgan fingerprint density at radius 1 is 1.25 bits per heavy atom. The Morgan fingerprint density at radius 2 is 1.90 bits per heavy atom. The van der Waals surface area contributed by atoms with Gasteiger partial charge in [0, 0.05) is 38.6 Å². The van der Waals surface area contributed by atoms with E-state index < -0.39 is 18.3 Å². The minimum absolute atomic E-state index is 0. The molecule has 1 aromatic rings. The Balaban J connectivity index is 0.00000200. The van der Waals surface area contributed by atoms with Crippen molar-refractivity contribution < 1.29 is 13.2 Å². The van der Waals surface area contributed by atoms with Gasteiger partial charge in [-0.25, -0.2) is 13.2 Å². The number of rotatable bonds is 4. The van der Waals surface area contributed by atoms with Gasteiger partial charge >= 0.3 is 0 Å². The lowest BCUT2D eigenvalue weighted by atomic mass is 10.0. The van der Waals surface area contributed by atoms with Crippen LogP contribution in [0.5, 0.6) is 0 Å². The van der Waals surface area contributed by atoms with Crippen molar-refractivity contribution in [3.05, 3.63) is 34.1 Å². The molecule has 1 fully saturated rings. The molecule has 2 rings (SSSR count). The number of piperazine rings is 1. The largest absolute Gasteiger partial charge is 0.314 e. The van der Waals surface area contributed by atoms with E-state index in [1.54, 1.807) is 12.1 Å². The molecule has 1 aliphatic heterocycles. The molecule has 0 amide bonds. The van der Waals surface area contributed by atoms with Gasteiger partial charge in [0.15, 0.2) is 0 Å². The van der Waals surface area contributed by atoms with Gasteiger partial charge in [0.2, 0.25) is 6.43 Å². The topological polar surface area (TPSA) is 15.3 Å². The summed E-state index contributed by atoms with van der Waals surface area (Å²) in [7, 11) is 0. The Hall–Kier alpha value is -0.300. The van der Waals surface area contributed by atoms with Crippen molar-refractivity contribution >= 4 is 28.3 Å². The first kappa shape index (κ1) is 17.8. The van der Waals surface area contributed by atoms with E-state index in [-0.39, 0.29) is 18.8 Å². The fourth-order valence-electron chi connectivity index (χ4n) is 2.38. The first-order valence-corrected chi connectivity index (χ1v) is 7.05. The van der Waals surface area contributed by atoms with Crippen LogP contribution in [0.2, 0.25) is 0 Å². The van der Waals surface area contributed by atoms with Crippen molar-refractivity contribution in [2.24, 2.45) is 0 Å². The van der Waals surface area contributed by atoms with Gasteiger partial charge < -0.3 is 5.32 Å². The molecule has 114 valence electrons. The van der Waals surface area contributed by atoms with Crippen molar-refractivity contribution in [2.45, 2.75) is 18.9 Å². The number of hydrogen-bond acceptors (Lipinski definition) is 2. The van der Waals surface area contributed by atoms with E-state index in [4.69, 9.17) is 0 Å². The van der Waals surface area contributed by atoms with Crippen LogP contribution in [0.4, 0.5) is 13.2 Å². The van der Waals surface area contributed by atoms with E-state index in [2.05, 4.69) is 21.2 Å². The molecule has 0 radical (unpaired) electrons. The number of nitrogens with zero attached hydrogens (tertiary/aromatic N) is 1. The zero-order chi connectivity index (χ0) is 13.8. The van der Waals surface area contributed by atoms with E-state index in [1.165, 1.54) is 6.07 Å². The molecule has 1 saturated heterocycles. The second-order valence-corrected chi connectivity index (χ2v) is 5.46. The monoisotopic (exact) mass is 372 g/mol. The Bertz CT molecular complexity index is 428. The smallest absolute Gasteiger partial charge is 0.240 e. The maximum Gasteiger partial charge on any atom is 0.240 e. The second kappa shape index (κ2) is 8.22. The third kappa shape index (κ3) is 4.62. The fraction of sp³-hybridized carbons (Fsp3) is 0.538. The lowest BCUT2D eigenvalue weighted by Gasteiger charge is -2.35. The molecule has 2 nitrogen and oxygen atoms in total. The quantitative estimate of drug-likeness (QED) is 0.867. The molecular formula is C13H17BrClF3N2. The van der Waals surface area contributed by atoms with Gasteiger partial charge in [-0.3, -0.25) is 4.90 Å². The summed E-state index contributed by atoms with van der Waals surface area (Å²) in [4.78, 5) is 1.99. The zero-order valence-electron chi connectivity index (χ0n) is 10.8. The van der Waals surface area contributed by atoms with Crippen molar-refractivity contribution in [2.75, 3.05) is 26.2 Å². The summed E-state index contributed by atoms with van der Waals surface area (Å²) in [5.74, 6) is -0.410. The van der Waals surface area contributed by atoms with Crippen LogP contribution in [0.3, 0.4) is 0 Å². The maximum absolute atomic E-state index is 13.6. The van der Waals surface area contributed by atoms with Gasteiger partial charge in [-0.15, -0.1) is 12.4 Å². The molecule has 1 aliphatic rings. The average Bonchev–Trinajstić information content (AvgIpc) is 2.40. The molecule has 1 heterocycles. The van der Waals surface area contributed by atoms with E-state index in [1.807, 2.05) is 4.90 Å². The summed E-state index contributed by atoms with van der Waals surface area (Å²) in [5, 5.41) is 3.18. The zero-order valence-corrected chi connectivity index (χ0v) is 13.2. The predicted molar refractivity (Wildman–Crippen MR) is 79.2 cm³/mol. The van der Waals surface area contributed by atoms with Crippen LogP contribution in [0.15, 0.2) is 22.7 Å². The minimum Gasteiger partial charge on any atom is -0.314 e. The van der Waals surface area contributed by atoms with Crippen LogP contribution in [0.1, 0.15) is 18.0 Å². The van der Waals surface area contributed by atoms with Crippen LogP contribution < -0.4 is 5.32 Å². The number of halogens is 5. The van der Waals surface area contributed by atoms with Gasteiger partial charge in [0.1, 0.15) is 5.82 Å². The minimum atomic E-state index is -2.40. The highest BCUT2D eigenvalue weighted by Gasteiger charge is 2.25. The third-order valence-corrected chi connectivity index (χ3v) is 3.97. The van der Waals surface area contributed by atoms with Gasteiger partial charge in [0.05, 0.1) is 4.47 Å².